The van der Waals surface area contributed by atoms with Crippen molar-refractivity contribution in [3.63, 3.8) is 0 Å². The number of hydrogen-bond acceptors (Lipinski definition) is 4. The maximum Gasteiger partial charge on any atom is 0.121 e. The van der Waals surface area contributed by atoms with Gasteiger partial charge in [-0.2, -0.15) is 0 Å². The quantitative estimate of drug-likeness (QED) is 0.849. The third kappa shape index (κ3) is 3.46. The first-order valence-electron chi connectivity index (χ1n) is 6.87. The fourth-order valence-electron chi connectivity index (χ4n) is 2.27. The van der Waals surface area contributed by atoms with Gasteiger partial charge in [-0.3, -0.25) is 4.98 Å². The van der Waals surface area contributed by atoms with Crippen molar-refractivity contribution in [3.8, 4) is 5.75 Å². The Hall–Kier alpha value is -1.65. The Morgan fingerprint density at radius 3 is 2.90 bits per heavy atom. The molecule has 0 spiro atoms. The van der Waals surface area contributed by atoms with Crippen LogP contribution >= 0.6 is 0 Å². The normalized spacial score (nSPS) is 15.8. The Morgan fingerprint density at radius 2 is 2.20 bits per heavy atom. The van der Waals surface area contributed by atoms with Crippen LogP contribution in [0.15, 0.2) is 36.5 Å². The lowest BCUT2D eigenvalue weighted by atomic mass is 9.96. The number of pyridine rings is 1. The van der Waals surface area contributed by atoms with E-state index in [1.54, 1.807) is 6.20 Å². The number of aliphatic hydroxyl groups excluding tert-OH is 1. The highest BCUT2D eigenvalue weighted by molar-refractivity contribution is 5.79. The van der Waals surface area contributed by atoms with E-state index >= 15 is 0 Å². The summed E-state index contributed by atoms with van der Waals surface area (Å²) >= 11 is 0. The van der Waals surface area contributed by atoms with Crippen LogP contribution in [0.4, 0.5) is 0 Å². The Labute approximate surface area is 119 Å². The first-order valence-corrected chi connectivity index (χ1v) is 6.87. The smallest absolute Gasteiger partial charge is 0.121 e. The molecular formula is C16H22N2O2. The molecular weight excluding hydrogens is 252 g/mol. The lowest BCUT2D eigenvalue weighted by molar-refractivity contribution is 0.115. The molecule has 0 radical (unpaired) electrons. The molecule has 2 unspecified atom stereocenters. The lowest BCUT2D eigenvalue weighted by Gasteiger charge is -2.30. The van der Waals surface area contributed by atoms with Crippen LogP contribution in [-0.2, 0) is 0 Å². The molecule has 0 aliphatic rings. The maximum absolute atomic E-state index is 9.41. The minimum absolute atomic E-state index is 0.000706. The van der Waals surface area contributed by atoms with Gasteiger partial charge >= 0.3 is 0 Å². The monoisotopic (exact) mass is 274 g/mol. The second-order valence-corrected chi connectivity index (χ2v) is 5.46. The lowest BCUT2D eigenvalue weighted by Crippen LogP contribution is -2.46. The predicted molar refractivity (Wildman–Crippen MR) is 81.0 cm³/mol. The number of likely N-dealkylation sites (N-methyl/N-ethyl adjacent to an activating group) is 1. The van der Waals surface area contributed by atoms with Gasteiger partial charge in [0, 0.05) is 29.6 Å². The molecule has 4 heteroatoms. The number of ether oxygens (including phenoxy) is 1. The summed E-state index contributed by atoms with van der Waals surface area (Å²) in [6, 6.07) is 9.86. The predicted octanol–water partition coefficient (Wildman–Crippen LogP) is 2.36. The fourth-order valence-corrected chi connectivity index (χ4v) is 2.27. The molecule has 1 aromatic heterocycles. The van der Waals surface area contributed by atoms with Crippen molar-refractivity contribution in [3.05, 3.63) is 36.5 Å². The number of nitrogens with one attached hydrogen (secondary N) is 1. The minimum Gasteiger partial charge on any atom is -0.491 e. The summed E-state index contributed by atoms with van der Waals surface area (Å²) in [5.41, 5.74) is 0.602. The van der Waals surface area contributed by atoms with Crippen molar-refractivity contribution < 1.29 is 9.84 Å². The number of benzene rings is 1. The van der Waals surface area contributed by atoms with Gasteiger partial charge in [-0.05, 0) is 39.1 Å². The molecule has 0 saturated heterocycles. The van der Waals surface area contributed by atoms with Crippen LogP contribution in [-0.4, -0.2) is 35.4 Å². The number of rotatable bonds is 6. The second kappa shape index (κ2) is 6.20. The standard InChI is InChI=1S/C16H22N2O2/c1-12(10-16(2,11-19)17-3)20-14-7-6-13-5-4-8-18-15(13)9-14/h4-9,12,17,19H,10-11H2,1-3H3. The van der Waals surface area contributed by atoms with Gasteiger partial charge in [-0.25, -0.2) is 0 Å². The molecule has 4 nitrogen and oxygen atoms in total. The summed E-state index contributed by atoms with van der Waals surface area (Å²) in [6.07, 6.45) is 2.50. The highest BCUT2D eigenvalue weighted by atomic mass is 16.5. The van der Waals surface area contributed by atoms with Crippen molar-refractivity contribution in [1.82, 2.24) is 10.3 Å². The van der Waals surface area contributed by atoms with Gasteiger partial charge < -0.3 is 15.2 Å². The minimum atomic E-state index is -0.325. The second-order valence-electron chi connectivity index (χ2n) is 5.46. The number of fused-ring (bicyclic) bond motifs is 1. The SMILES string of the molecule is CNC(C)(CO)CC(C)Oc1ccc2cccnc2c1. The summed E-state index contributed by atoms with van der Waals surface area (Å²) in [6.45, 7) is 4.07. The molecule has 0 fully saturated rings. The molecule has 108 valence electrons. The molecule has 20 heavy (non-hydrogen) atoms. The van der Waals surface area contributed by atoms with Gasteiger partial charge in [0.05, 0.1) is 18.2 Å². The summed E-state index contributed by atoms with van der Waals surface area (Å²) in [4.78, 5) is 4.32. The molecule has 2 aromatic rings. The zero-order valence-electron chi connectivity index (χ0n) is 12.3. The third-order valence-electron chi connectivity index (χ3n) is 3.61. The molecule has 2 rings (SSSR count). The fraction of sp³-hybridized carbons (Fsp3) is 0.438. The van der Waals surface area contributed by atoms with Crippen molar-refractivity contribution in [2.75, 3.05) is 13.7 Å². The van der Waals surface area contributed by atoms with Crippen LogP contribution in [0.1, 0.15) is 20.3 Å². The van der Waals surface area contributed by atoms with Crippen LogP contribution in [0.5, 0.6) is 5.75 Å². The number of nitrogens with zero attached hydrogens (tertiary/aromatic N) is 1. The first-order chi connectivity index (χ1) is 9.56. The van der Waals surface area contributed by atoms with E-state index in [9.17, 15) is 5.11 Å². The molecule has 0 aliphatic heterocycles. The van der Waals surface area contributed by atoms with Gasteiger partial charge in [0.1, 0.15) is 5.75 Å². The van der Waals surface area contributed by atoms with E-state index in [-0.39, 0.29) is 18.2 Å². The van der Waals surface area contributed by atoms with Gasteiger partial charge in [0.15, 0.2) is 0 Å². The summed E-state index contributed by atoms with van der Waals surface area (Å²) < 4.78 is 5.93. The first kappa shape index (κ1) is 14.8. The number of aliphatic hydroxyl groups is 1. The van der Waals surface area contributed by atoms with Crippen molar-refractivity contribution >= 4 is 10.9 Å². The summed E-state index contributed by atoms with van der Waals surface area (Å²) in [7, 11) is 1.85. The van der Waals surface area contributed by atoms with E-state index in [4.69, 9.17) is 4.74 Å². The summed E-state index contributed by atoms with van der Waals surface area (Å²) in [5, 5.41) is 13.6. The van der Waals surface area contributed by atoms with E-state index < -0.39 is 0 Å². The largest absolute Gasteiger partial charge is 0.491 e. The van der Waals surface area contributed by atoms with Crippen LogP contribution < -0.4 is 10.1 Å². The molecule has 0 amide bonds. The van der Waals surface area contributed by atoms with Gasteiger partial charge in [-0.1, -0.05) is 6.07 Å². The Balaban J connectivity index is 2.07. The molecule has 0 bridgehead atoms. The van der Waals surface area contributed by atoms with Gasteiger partial charge in [0.2, 0.25) is 0 Å². The highest BCUT2D eigenvalue weighted by Crippen LogP contribution is 2.22. The van der Waals surface area contributed by atoms with Crippen LogP contribution in [0.3, 0.4) is 0 Å². The van der Waals surface area contributed by atoms with Crippen LogP contribution in [0.25, 0.3) is 10.9 Å². The van der Waals surface area contributed by atoms with Crippen molar-refractivity contribution in [2.45, 2.75) is 31.9 Å². The Morgan fingerprint density at radius 1 is 1.40 bits per heavy atom. The molecule has 0 saturated carbocycles. The Bertz CT molecular complexity index is 567. The molecule has 0 aliphatic carbocycles. The topological polar surface area (TPSA) is 54.4 Å². The van der Waals surface area contributed by atoms with E-state index in [1.807, 2.05) is 51.2 Å². The van der Waals surface area contributed by atoms with Crippen molar-refractivity contribution in [2.24, 2.45) is 0 Å². The van der Waals surface area contributed by atoms with Crippen LogP contribution in [0, 0.1) is 0 Å². The third-order valence-corrected chi connectivity index (χ3v) is 3.61. The van der Waals surface area contributed by atoms with E-state index in [2.05, 4.69) is 10.3 Å². The van der Waals surface area contributed by atoms with E-state index in [1.165, 1.54) is 0 Å². The summed E-state index contributed by atoms with van der Waals surface area (Å²) in [5.74, 6) is 0.806. The Kier molecular flexibility index (Phi) is 4.57. The number of hydrogen-bond donors (Lipinski definition) is 2. The van der Waals surface area contributed by atoms with E-state index in [0.29, 0.717) is 0 Å². The van der Waals surface area contributed by atoms with Gasteiger partial charge in [0.25, 0.3) is 0 Å². The number of aromatic nitrogens is 1. The zero-order chi connectivity index (χ0) is 14.6. The van der Waals surface area contributed by atoms with Gasteiger partial charge in [-0.15, -0.1) is 0 Å². The molecule has 1 aromatic carbocycles. The highest BCUT2D eigenvalue weighted by Gasteiger charge is 2.24. The molecule has 1 heterocycles. The van der Waals surface area contributed by atoms with Crippen molar-refractivity contribution in [1.29, 1.82) is 0 Å². The van der Waals surface area contributed by atoms with Crippen LogP contribution in [0.2, 0.25) is 0 Å². The maximum atomic E-state index is 9.41. The molecule has 2 N–H and O–H groups in total. The van der Waals surface area contributed by atoms with E-state index in [0.717, 1.165) is 23.1 Å². The molecule has 2 atom stereocenters. The zero-order valence-corrected chi connectivity index (χ0v) is 12.3. The average Bonchev–Trinajstić information content (AvgIpc) is 2.47. The average molecular weight is 274 g/mol.